The van der Waals surface area contributed by atoms with Gasteiger partial charge in [-0.3, -0.25) is 14.4 Å². The van der Waals surface area contributed by atoms with Crippen LogP contribution in [0.15, 0.2) is 72.9 Å². The highest BCUT2D eigenvalue weighted by molar-refractivity contribution is 5.74. The summed E-state index contributed by atoms with van der Waals surface area (Å²) >= 11 is 0. The zero-order valence-corrected chi connectivity index (χ0v) is 50.1. The monoisotopic (exact) mass is 1110 g/mol. The van der Waals surface area contributed by atoms with E-state index in [-0.39, 0.29) is 25.9 Å². The molecule has 6 unspecified atom stereocenters. The fraction of sp³-hybridized carbons (Fsp3) is 0.761. The second kappa shape index (κ2) is 54.7. The number of hydrogen-bond donors (Lipinski definition) is 3. The van der Waals surface area contributed by atoms with E-state index in [1.54, 1.807) is 0 Å². The zero-order valence-electron chi connectivity index (χ0n) is 50.1. The number of aliphatic hydroxyl groups is 2. The Morgan fingerprint density at radius 3 is 1.19 bits per heavy atom. The Morgan fingerprint density at radius 2 is 0.797 bits per heavy atom. The Balaban J connectivity index is 2.71. The van der Waals surface area contributed by atoms with Gasteiger partial charge >= 0.3 is 23.9 Å². The van der Waals surface area contributed by atoms with Gasteiger partial charge in [0, 0.05) is 19.3 Å². The molecule has 1 rings (SSSR count). The van der Waals surface area contributed by atoms with E-state index in [9.17, 15) is 34.5 Å². The van der Waals surface area contributed by atoms with Crippen LogP contribution in [0.5, 0.6) is 0 Å². The molecule has 1 aliphatic rings. The normalized spacial score (nSPS) is 18.3. The van der Waals surface area contributed by atoms with Crippen molar-refractivity contribution in [2.45, 2.75) is 314 Å². The van der Waals surface area contributed by atoms with Crippen molar-refractivity contribution in [1.82, 2.24) is 0 Å². The van der Waals surface area contributed by atoms with Crippen molar-refractivity contribution in [1.29, 1.82) is 0 Å². The molecule has 0 amide bonds. The lowest BCUT2D eigenvalue weighted by Crippen LogP contribution is -2.61. The summed E-state index contributed by atoms with van der Waals surface area (Å²) in [6.45, 7) is 5.85. The maximum Gasteiger partial charge on any atom is 0.335 e. The van der Waals surface area contributed by atoms with E-state index >= 15 is 0 Å². The number of unbranched alkanes of at least 4 members (excludes halogenated alkanes) is 28. The lowest BCUT2D eigenvalue weighted by molar-refractivity contribution is -0.301. The molecule has 0 aromatic rings. The Morgan fingerprint density at radius 1 is 0.430 bits per heavy atom. The third-order valence-electron chi connectivity index (χ3n) is 14.3. The molecule has 12 heteroatoms. The van der Waals surface area contributed by atoms with Crippen molar-refractivity contribution < 1.29 is 58.2 Å². The third-order valence-corrected chi connectivity index (χ3v) is 14.3. The number of carboxylic acid groups (broad SMARTS) is 1. The Hall–Kier alpha value is -3.84. The van der Waals surface area contributed by atoms with E-state index < -0.39 is 67.3 Å². The van der Waals surface area contributed by atoms with Crippen LogP contribution in [0.25, 0.3) is 0 Å². The van der Waals surface area contributed by atoms with Crippen molar-refractivity contribution in [3.63, 3.8) is 0 Å². The average Bonchev–Trinajstić information content (AvgIpc) is 3.46. The van der Waals surface area contributed by atoms with Crippen molar-refractivity contribution in [3.8, 4) is 0 Å². The standard InChI is InChI=1S/C67H114O12/c1-4-7-10-13-16-19-22-25-28-29-30-31-34-35-38-41-44-47-50-53-59(68)75-56-58(77-60(69)54-51-48-45-42-39-36-32-26-23-20-17-14-11-8-5-2)57-76-67-65(63(72)62(71)64(79-67)66(73)74)78-61(70)55-52-49-46-43-40-37-33-27-24-21-18-15-12-9-6-3/h7,10,16,19,25,28,30-31,35,38,44,47,58,62-65,67,71-72H,4-6,8-9,11-15,17-18,20-24,26-27,29,32-34,36-37,39-43,45-46,48-57H2,1-3H3,(H,73,74)/b10-7-,19-16-,28-25-,31-30-,38-35-,47-44-. The van der Waals surface area contributed by atoms with Crippen LogP contribution in [0.3, 0.4) is 0 Å². The summed E-state index contributed by atoms with van der Waals surface area (Å²) in [4.78, 5) is 51.2. The number of rotatable bonds is 54. The molecule has 79 heavy (non-hydrogen) atoms. The van der Waals surface area contributed by atoms with Gasteiger partial charge in [0.05, 0.1) is 6.61 Å². The van der Waals surface area contributed by atoms with Crippen LogP contribution in [0.2, 0.25) is 0 Å². The minimum atomic E-state index is -1.91. The van der Waals surface area contributed by atoms with Crippen molar-refractivity contribution in [2.75, 3.05) is 13.2 Å². The summed E-state index contributed by atoms with van der Waals surface area (Å²) < 4.78 is 28.4. The van der Waals surface area contributed by atoms with Crippen molar-refractivity contribution in [2.24, 2.45) is 0 Å². The molecule has 1 fully saturated rings. The van der Waals surface area contributed by atoms with E-state index in [0.29, 0.717) is 19.3 Å². The predicted molar refractivity (Wildman–Crippen MR) is 322 cm³/mol. The van der Waals surface area contributed by atoms with Crippen LogP contribution in [-0.2, 0) is 42.9 Å². The van der Waals surface area contributed by atoms with Gasteiger partial charge in [-0.1, -0.05) is 273 Å². The minimum Gasteiger partial charge on any atom is -0.479 e. The molecule has 12 nitrogen and oxygen atoms in total. The number of aliphatic carboxylic acids is 1. The molecule has 0 aromatic carbocycles. The predicted octanol–water partition coefficient (Wildman–Crippen LogP) is 16.9. The van der Waals surface area contributed by atoms with Crippen molar-refractivity contribution >= 4 is 23.9 Å². The first-order valence-electron chi connectivity index (χ1n) is 31.9. The second-order valence-electron chi connectivity index (χ2n) is 21.7. The van der Waals surface area contributed by atoms with Gasteiger partial charge in [0.25, 0.3) is 0 Å². The fourth-order valence-electron chi connectivity index (χ4n) is 9.45. The van der Waals surface area contributed by atoms with Gasteiger partial charge in [0.1, 0.15) is 18.8 Å². The first-order chi connectivity index (χ1) is 38.6. The molecule has 0 spiro atoms. The molecule has 1 saturated heterocycles. The highest BCUT2D eigenvalue weighted by Gasteiger charge is 2.50. The lowest BCUT2D eigenvalue weighted by Gasteiger charge is -2.40. The summed E-state index contributed by atoms with van der Waals surface area (Å²) in [6.07, 6.45) is 57.3. The SMILES string of the molecule is CC/C=C\C/C=C\C/C=C\C/C=C\C/C=C\C/C=C\CCC(=O)OCC(COC1OC(C(=O)O)C(O)C(O)C1OC(=O)CCCCCCCCCCCCCCCCC)OC(=O)CCCCCCCCCCCCCCCCC. The summed E-state index contributed by atoms with van der Waals surface area (Å²) in [5.41, 5.74) is 0. The molecular formula is C67H114O12. The summed E-state index contributed by atoms with van der Waals surface area (Å²) in [6, 6.07) is 0. The third kappa shape index (κ3) is 44.5. The number of allylic oxidation sites excluding steroid dienone is 12. The maximum absolute atomic E-state index is 13.2. The van der Waals surface area contributed by atoms with Crippen LogP contribution in [0.4, 0.5) is 0 Å². The molecule has 1 aliphatic heterocycles. The van der Waals surface area contributed by atoms with E-state index in [1.807, 2.05) is 12.2 Å². The number of esters is 3. The first kappa shape index (κ1) is 73.2. The van der Waals surface area contributed by atoms with Gasteiger partial charge in [-0.05, 0) is 57.8 Å². The number of carboxylic acids is 1. The van der Waals surface area contributed by atoms with Gasteiger partial charge in [-0.25, -0.2) is 4.79 Å². The van der Waals surface area contributed by atoms with Crippen LogP contribution in [0.1, 0.15) is 278 Å². The zero-order chi connectivity index (χ0) is 57.5. The molecule has 3 N–H and O–H groups in total. The topological polar surface area (TPSA) is 175 Å². The largest absolute Gasteiger partial charge is 0.479 e. The number of aliphatic hydroxyl groups excluding tert-OH is 2. The number of ether oxygens (including phenoxy) is 5. The van der Waals surface area contributed by atoms with Gasteiger partial charge in [0.2, 0.25) is 0 Å². The van der Waals surface area contributed by atoms with Crippen molar-refractivity contribution in [3.05, 3.63) is 72.9 Å². The average molecular weight is 1110 g/mol. The molecular weight excluding hydrogens is 997 g/mol. The summed E-state index contributed by atoms with van der Waals surface area (Å²) in [5.74, 6) is -3.21. The van der Waals surface area contributed by atoms with Crippen LogP contribution >= 0.6 is 0 Å². The summed E-state index contributed by atoms with van der Waals surface area (Å²) in [5, 5.41) is 31.5. The Kier molecular flexibility index (Phi) is 50.7. The van der Waals surface area contributed by atoms with Gasteiger partial charge in [0.15, 0.2) is 24.6 Å². The van der Waals surface area contributed by atoms with E-state index in [0.717, 1.165) is 83.5 Å². The Bertz CT molecular complexity index is 1650. The molecule has 0 aliphatic carbocycles. The van der Waals surface area contributed by atoms with Gasteiger partial charge in [-0.15, -0.1) is 0 Å². The lowest BCUT2D eigenvalue weighted by atomic mass is 9.98. The highest BCUT2D eigenvalue weighted by Crippen LogP contribution is 2.27. The quantitative estimate of drug-likeness (QED) is 0.0228. The molecule has 0 bridgehead atoms. The fourth-order valence-corrected chi connectivity index (χ4v) is 9.45. The van der Waals surface area contributed by atoms with Crippen LogP contribution < -0.4 is 0 Å². The maximum atomic E-state index is 13.2. The first-order valence-corrected chi connectivity index (χ1v) is 31.9. The number of carbonyl (C=O) groups excluding carboxylic acids is 3. The highest BCUT2D eigenvalue weighted by atomic mass is 16.7. The molecule has 0 radical (unpaired) electrons. The molecule has 0 saturated carbocycles. The second-order valence-corrected chi connectivity index (χ2v) is 21.7. The van der Waals surface area contributed by atoms with E-state index in [2.05, 4.69) is 81.5 Å². The molecule has 0 aromatic heterocycles. The van der Waals surface area contributed by atoms with Crippen LogP contribution in [-0.4, -0.2) is 89.2 Å². The van der Waals surface area contributed by atoms with E-state index in [1.165, 1.54) is 135 Å². The van der Waals surface area contributed by atoms with E-state index in [4.69, 9.17) is 23.7 Å². The Labute approximate surface area is 480 Å². The molecule has 454 valence electrons. The molecule has 6 atom stereocenters. The van der Waals surface area contributed by atoms with Crippen LogP contribution in [0, 0.1) is 0 Å². The summed E-state index contributed by atoms with van der Waals surface area (Å²) in [7, 11) is 0. The van der Waals surface area contributed by atoms with Gasteiger partial charge < -0.3 is 39.0 Å². The number of hydrogen-bond acceptors (Lipinski definition) is 11. The molecule has 1 heterocycles. The van der Waals surface area contributed by atoms with Gasteiger partial charge in [-0.2, -0.15) is 0 Å². The number of carbonyl (C=O) groups is 4. The minimum absolute atomic E-state index is 0.0563. The smallest absolute Gasteiger partial charge is 0.335 e.